The van der Waals surface area contributed by atoms with Crippen molar-refractivity contribution in [3.8, 4) is 0 Å². The molecule has 0 spiro atoms. The Labute approximate surface area is 105 Å². The monoisotopic (exact) mass is 236 g/mol. The van der Waals surface area contributed by atoms with Crippen molar-refractivity contribution in [1.29, 1.82) is 0 Å². The smallest absolute Gasteiger partial charge is 0.0842 e. The molecule has 0 aromatic heterocycles. The van der Waals surface area contributed by atoms with Gasteiger partial charge in [0.25, 0.3) is 0 Å². The first-order valence-electron chi connectivity index (χ1n) is 6.03. The molecule has 96 valence electrons. The van der Waals surface area contributed by atoms with Crippen LogP contribution in [-0.2, 0) is 0 Å². The lowest BCUT2D eigenvalue weighted by atomic mass is 9.95. The molecule has 0 saturated heterocycles. The summed E-state index contributed by atoms with van der Waals surface area (Å²) in [5, 5.41) is 10.4. The molecule has 17 heavy (non-hydrogen) atoms. The fraction of sp³-hybridized carbons (Fsp3) is 0.571. The second kappa shape index (κ2) is 6.74. The summed E-state index contributed by atoms with van der Waals surface area (Å²) in [4.78, 5) is 4.25. The number of nitrogens with zero attached hydrogens (tertiary/aromatic N) is 2. The van der Waals surface area contributed by atoms with Gasteiger partial charge in [-0.05, 0) is 33.8 Å². The highest BCUT2D eigenvalue weighted by Gasteiger charge is 2.22. The van der Waals surface area contributed by atoms with E-state index in [-0.39, 0.29) is 5.92 Å². The number of hydrogen-bond acceptors (Lipinski definition) is 3. The van der Waals surface area contributed by atoms with E-state index >= 15 is 0 Å². The van der Waals surface area contributed by atoms with E-state index in [1.165, 1.54) is 0 Å². The van der Waals surface area contributed by atoms with E-state index in [4.69, 9.17) is 0 Å². The van der Waals surface area contributed by atoms with Gasteiger partial charge < -0.3 is 14.9 Å². The van der Waals surface area contributed by atoms with Gasteiger partial charge in [-0.15, -0.1) is 0 Å². The molecule has 0 amide bonds. The van der Waals surface area contributed by atoms with Crippen LogP contribution in [-0.4, -0.2) is 56.2 Å². The van der Waals surface area contributed by atoms with Crippen molar-refractivity contribution in [2.24, 2.45) is 5.92 Å². The van der Waals surface area contributed by atoms with Crippen molar-refractivity contribution in [2.75, 3.05) is 41.3 Å². The molecule has 0 bridgehead atoms. The largest absolute Gasteiger partial charge is 0.388 e. The highest BCUT2D eigenvalue weighted by atomic mass is 16.3. The normalized spacial score (nSPS) is 13.6. The lowest BCUT2D eigenvalue weighted by molar-refractivity contribution is 0.0735. The zero-order valence-corrected chi connectivity index (χ0v) is 11.3. The highest BCUT2D eigenvalue weighted by molar-refractivity contribution is 5.18. The summed E-state index contributed by atoms with van der Waals surface area (Å²) in [5.41, 5.74) is 1.00. The van der Waals surface area contributed by atoms with Crippen LogP contribution in [0.5, 0.6) is 0 Å². The van der Waals surface area contributed by atoms with E-state index in [0.717, 1.165) is 18.7 Å². The quantitative estimate of drug-likeness (QED) is 0.810. The average Bonchev–Trinajstić information content (AvgIpc) is 2.27. The Morgan fingerprint density at radius 3 is 1.82 bits per heavy atom. The summed E-state index contributed by atoms with van der Waals surface area (Å²) in [6.07, 6.45) is -0.402. The molecule has 1 rings (SSSR count). The first kappa shape index (κ1) is 14.2. The first-order chi connectivity index (χ1) is 8.00. The van der Waals surface area contributed by atoms with Gasteiger partial charge in [0.05, 0.1) is 6.10 Å². The number of aliphatic hydroxyl groups is 1. The molecular weight excluding hydrogens is 212 g/mol. The van der Waals surface area contributed by atoms with Crippen LogP contribution in [0.15, 0.2) is 30.3 Å². The van der Waals surface area contributed by atoms with Crippen molar-refractivity contribution in [1.82, 2.24) is 9.80 Å². The minimum atomic E-state index is -0.402. The molecule has 3 nitrogen and oxygen atoms in total. The molecule has 0 radical (unpaired) electrons. The standard InChI is InChI=1S/C14H24N2O/c1-15(2)10-13(11-16(3)4)14(17)12-8-6-5-7-9-12/h5-9,13-14,17H,10-11H2,1-4H3/t14-/m0/s1. The third-order valence-electron chi connectivity index (χ3n) is 2.79. The van der Waals surface area contributed by atoms with Crippen molar-refractivity contribution in [3.63, 3.8) is 0 Å². The van der Waals surface area contributed by atoms with Crippen molar-refractivity contribution in [3.05, 3.63) is 35.9 Å². The number of hydrogen-bond donors (Lipinski definition) is 1. The van der Waals surface area contributed by atoms with Crippen molar-refractivity contribution >= 4 is 0 Å². The summed E-state index contributed by atoms with van der Waals surface area (Å²) in [7, 11) is 8.17. The lowest BCUT2D eigenvalue weighted by Crippen LogP contribution is -2.34. The van der Waals surface area contributed by atoms with Crippen LogP contribution in [0.2, 0.25) is 0 Å². The zero-order valence-electron chi connectivity index (χ0n) is 11.3. The Morgan fingerprint density at radius 2 is 1.41 bits per heavy atom. The third kappa shape index (κ3) is 4.86. The maximum Gasteiger partial charge on any atom is 0.0842 e. The minimum absolute atomic E-state index is 0.224. The van der Waals surface area contributed by atoms with Gasteiger partial charge in [0.1, 0.15) is 0 Å². The fourth-order valence-electron chi connectivity index (χ4n) is 2.12. The maximum atomic E-state index is 10.4. The molecule has 0 aliphatic carbocycles. The second-order valence-electron chi connectivity index (χ2n) is 5.14. The molecule has 0 unspecified atom stereocenters. The van der Waals surface area contributed by atoms with Gasteiger partial charge in [-0.25, -0.2) is 0 Å². The molecule has 0 saturated carbocycles. The summed E-state index contributed by atoms with van der Waals surface area (Å²) in [5.74, 6) is 0.224. The highest BCUT2D eigenvalue weighted by Crippen LogP contribution is 2.22. The Morgan fingerprint density at radius 1 is 0.941 bits per heavy atom. The number of benzene rings is 1. The minimum Gasteiger partial charge on any atom is -0.388 e. The van der Waals surface area contributed by atoms with Crippen LogP contribution in [0.3, 0.4) is 0 Å². The SMILES string of the molecule is CN(C)CC(CN(C)C)[C@@H](O)c1ccccc1. The molecular formula is C14H24N2O. The molecule has 0 heterocycles. The Kier molecular flexibility index (Phi) is 5.62. The molecule has 1 atom stereocenters. The van der Waals surface area contributed by atoms with Gasteiger partial charge in [0, 0.05) is 19.0 Å². The predicted octanol–water partition coefficient (Wildman–Crippen LogP) is 1.46. The van der Waals surface area contributed by atoms with Crippen molar-refractivity contribution in [2.45, 2.75) is 6.10 Å². The Balaban J connectivity index is 2.75. The Hall–Kier alpha value is -0.900. The van der Waals surface area contributed by atoms with Crippen LogP contribution >= 0.6 is 0 Å². The predicted molar refractivity (Wildman–Crippen MR) is 72.0 cm³/mol. The maximum absolute atomic E-state index is 10.4. The zero-order chi connectivity index (χ0) is 12.8. The van der Waals surface area contributed by atoms with Crippen LogP contribution in [0.25, 0.3) is 0 Å². The van der Waals surface area contributed by atoms with E-state index in [2.05, 4.69) is 9.80 Å². The van der Waals surface area contributed by atoms with Gasteiger partial charge in [0.2, 0.25) is 0 Å². The number of rotatable bonds is 6. The second-order valence-corrected chi connectivity index (χ2v) is 5.14. The van der Waals surface area contributed by atoms with Gasteiger partial charge in [-0.3, -0.25) is 0 Å². The number of aliphatic hydroxyl groups excluding tert-OH is 1. The third-order valence-corrected chi connectivity index (χ3v) is 2.79. The first-order valence-corrected chi connectivity index (χ1v) is 6.03. The average molecular weight is 236 g/mol. The van der Waals surface area contributed by atoms with Gasteiger partial charge >= 0.3 is 0 Å². The van der Waals surface area contributed by atoms with E-state index in [1.54, 1.807) is 0 Å². The van der Waals surface area contributed by atoms with Gasteiger partial charge in [-0.1, -0.05) is 30.3 Å². The van der Waals surface area contributed by atoms with Gasteiger partial charge in [-0.2, -0.15) is 0 Å². The summed E-state index contributed by atoms with van der Waals surface area (Å²) >= 11 is 0. The van der Waals surface area contributed by atoms with E-state index in [0.29, 0.717) is 0 Å². The summed E-state index contributed by atoms with van der Waals surface area (Å²) in [6.45, 7) is 1.77. The van der Waals surface area contributed by atoms with E-state index in [1.807, 2.05) is 58.5 Å². The molecule has 1 N–H and O–H groups in total. The van der Waals surface area contributed by atoms with Crippen molar-refractivity contribution < 1.29 is 5.11 Å². The van der Waals surface area contributed by atoms with Crippen LogP contribution in [0.4, 0.5) is 0 Å². The van der Waals surface area contributed by atoms with Crippen LogP contribution in [0.1, 0.15) is 11.7 Å². The molecule has 1 aromatic rings. The van der Waals surface area contributed by atoms with Crippen LogP contribution in [0, 0.1) is 5.92 Å². The lowest BCUT2D eigenvalue weighted by Gasteiger charge is -2.28. The fourth-order valence-corrected chi connectivity index (χ4v) is 2.12. The molecule has 0 aliphatic heterocycles. The summed E-state index contributed by atoms with van der Waals surface area (Å²) in [6, 6.07) is 9.90. The van der Waals surface area contributed by atoms with Crippen LogP contribution < -0.4 is 0 Å². The molecule has 3 heteroatoms. The molecule has 1 aromatic carbocycles. The van der Waals surface area contributed by atoms with E-state index < -0.39 is 6.10 Å². The molecule has 0 aliphatic rings. The van der Waals surface area contributed by atoms with Gasteiger partial charge in [0.15, 0.2) is 0 Å². The Bertz CT molecular complexity index is 301. The molecule has 0 fully saturated rings. The van der Waals surface area contributed by atoms with E-state index in [9.17, 15) is 5.11 Å². The summed E-state index contributed by atoms with van der Waals surface area (Å²) < 4.78 is 0. The topological polar surface area (TPSA) is 26.7 Å².